The minimum Gasteiger partial charge on any atom is -0.508 e. The fraction of sp³-hybridized carbons (Fsp3) is 0. The second kappa shape index (κ2) is 4.88. The fourth-order valence-corrected chi connectivity index (χ4v) is 2.11. The van der Waals surface area contributed by atoms with Gasteiger partial charge in [-0.15, -0.1) is 4.91 Å². The maximum absolute atomic E-state index is 12.1. The molecule has 3 aromatic rings. The lowest BCUT2D eigenvalue weighted by molar-refractivity contribution is 0.446. The molecule has 0 aliphatic rings. The van der Waals surface area contributed by atoms with Gasteiger partial charge in [-0.05, 0) is 35.5 Å². The van der Waals surface area contributed by atoms with E-state index in [0.717, 1.165) is 6.07 Å². The molecule has 0 bridgehead atoms. The summed E-state index contributed by atoms with van der Waals surface area (Å²) < 4.78 is 5.44. The molecule has 0 unspecified atom stereocenters. The van der Waals surface area contributed by atoms with E-state index in [1.807, 2.05) is 0 Å². The second-order valence-corrected chi connectivity index (χ2v) is 4.58. The Kier molecular flexibility index (Phi) is 3.03. The van der Waals surface area contributed by atoms with Crippen LogP contribution in [0.3, 0.4) is 0 Å². The summed E-state index contributed by atoms with van der Waals surface area (Å²) in [7, 11) is 0. The Bertz CT molecular complexity index is 960. The first kappa shape index (κ1) is 13.6. The van der Waals surface area contributed by atoms with Crippen LogP contribution in [-0.4, -0.2) is 15.3 Å². The van der Waals surface area contributed by atoms with Crippen molar-refractivity contribution in [3.63, 3.8) is 0 Å². The summed E-state index contributed by atoms with van der Waals surface area (Å²) in [5, 5.41) is 31.8. The third-order valence-electron chi connectivity index (χ3n) is 3.19. The molecule has 0 radical (unpaired) electrons. The van der Waals surface area contributed by atoms with Crippen LogP contribution in [-0.2, 0) is 0 Å². The Labute approximate surface area is 122 Å². The molecule has 3 N–H and O–H groups in total. The molecule has 110 valence electrons. The van der Waals surface area contributed by atoms with Gasteiger partial charge < -0.3 is 19.7 Å². The summed E-state index contributed by atoms with van der Waals surface area (Å²) in [6, 6.07) is 7.60. The van der Waals surface area contributed by atoms with Gasteiger partial charge in [0, 0.05) is 11.6 Å². The molecular weight excluding hydrogens is 290 g/mol. The zero-order valence-electron chi connectivity index (χ0n) is 11.0. The Morgan fingerprint density at radius 2 is 1.77 bits per heavy atom. The molecule has 0 spiro atoms. The van der Waals surface area contributed by atoms with Crippen LogP contribution in [0.2, 0.25) is 0 Å². The summed E-state index contributed by atoms with van der Waals surface area (Å²) in [6.45, 7) is 0. The number of benzene rings is 2. The summed E-state index contributed by atoms with van der Waals surface area (Å²) in [6.07, 6.45) is 0. The normalized spacial score (nSPS) is 10.7. The van der Waals surface area contributed by atoms with E-state index in [1.165, 1.54) is 30.3 Å². The molecule has 2 aromatic carbocycles. The van der Waals surface area contributed by atoms with Crippen molar-refractivity contribution >= 4 is 16.7 Å². The minimum atomic E-state index is -0.673. The lowest BCUT2D eigenvalue weighted by Gasteiger charge is -2.07. The molecule has 1 aromatic heterocycles. The topological polar surface area (TPSA) is 120 Å². The van der Waals surface area contributed by atoms with Crippen LogP contribution < -0.4 is 5.43 Å². The van der Waals surface area contributed by atoms with Crippen molar-refractivity contribution in [2.75, 3.05) is 0 Å². The molecule has 0 atom stereocenters. The van der Waals surface area contributed by atoms with Gasteiger partial charge in [0.05, 0.1) is 5.39 Å². The molecule has 3 rings (SSSR count). The molecule has 0 aliphatic carbocycles. The van der Waals surface area contributed by atoms with Crippen molar-refractivity contribution < 1.29 is 19.7 Å². The first-order valence-electron chi connectivity index (χ1n) is 6.17. The van der Waals surface area contributed by atoms with Crippen LogP contribution in [0.1, 0.15) is 0 Å². The number of hydrogen-bond donors (Lipinski definition) is 3. The van der Waals surface area contributed by atoms with Gasteiger partial charge >= 0.3 is 0 Å². The molecule has 0 saturated carbocycles. The molecule has 7 nitrogen and oxygen atoms in total. The largest absolute Gasteiger partial charge is 0.508 e. The Hall–Kier alpha value is -3.35. The highest BCUT2D eigenvalue weighted by molar-refractivity contribution is 5.83. The van der Waals surface area contributed by atoms with Crippen LogP contribution in [0.25, 0.3) is 22.3 Å². The average Bonchev–Trinajstić information content (AvgIpc) is 2.50. The Morgan fingerprint density at radius 3 is 2.45 bits per heavy atom. The number of aromatic hydroxyl groups is 3. The van der Waals surface area contributed by atoms with Gasteiger partial charge in [0.2, 0.25) is 11.2 Å². The highest BCUT2D eigenvalue weighted by atomic mass is 16.4. The van der Waals surface area contributed by atoms with Gasteiger partial charge in [0.15, 0.2) is 5.76 Å². The van der Waals surface area contributed by atoms with E-state index in [1.54, 1.807) is 0 Å². The fourth-order valence-electron chi connectivity index (χ4n) is 2.11. The van der Waals surface area contributed by atoms with E-state index in [-0.39, 0.29) is 33.7 Å². The van der Waals surface area contributed by atoms with Crippen molar-refractivity contribution in [3.05, 3.63) is 51.5 Å². The summed E-state index contributed by atoms with van der Waals surface area (Å²) in [4.78, 5) is 22.6. The number of phenols is 2. The van der Waals surface area contributed by atoms with E-state index >= 15 is 0 Å². The van der Waals surface area contributed by atoms with Gasteiger partial charge in [0.25, 0.3) is 0 Å². The van der Waals surface area contributed by atoms with Crippen molar-refractivity contribution in [3.8, 4) is 28.6 Å². The summed E-state index contributed by atoms with van der Waals surface area (Å²) >= 11 is 0. The highest BCUT2D eigenvalue weighted by Gasteiger charge is 2.17. The van der Waals surface area contributed by atoms with Gasteiger partial charge in [0.1, 0.15) is 22.8 Å². The van der Waals surface area contributed by atoms with Gasteiger partial charge in [-0.3, -0.25) is 4.79 Å². The molecule has 0 fully saturated rings. The molecule has 0 saturated heterocycles. The predicted octanol–water partition coefficient (Wildman–Crippen LogP) is 2.97. The molecule has 1 heterocycles. The van der Waals surface area contributed by atoms with Crippen LogP contribution in [0, 0.1) is 4.91 Å². The minimum absolute atomic E-state index is 0.0786. The van der Waals surface area contributed by atoms with E-state index < -0.39 is 16.9 Å². The lowest BCUT2D eigenvalue weighted by Crippen LogP contribution is -2.02. The number of phenolic OH excluding ortho intramolecular Hbond substituents is 2. The molecule has 0 aliphatic heterocycles. The third kappa shape index (κ3) is 2.05. The third-order valence-corrected chi connectivity index (χ3v) is 3.19. The maximum Gasteiger partial charge on any atom is 0.235 e. The van der Waals surface area contributed by atoms with E-state index in [9.17, 15) is 25.0 Å². The van der Waals surface area contributed by atoms with Crippen molar-refractivity contribution in [1.29, 1.82) is 0 Å². The Balaban J connectivity index is 2.31. The smallest absolute Gasteiger partial charge is 0.235 e. The van der Waals surface area contributed by atoms with Crippen molar-refractivity contribution in [2.24, 2.45) is 5.18 Å². The lowest BCUT2D eigenvalue weighted by atomic mass is 10.1. The Morgan fingerprint density at radius 1 is 1.00 bits per heavy atom. The van der Waals surface area contributed by atoms with Crippen LogP contribution in [0.5, 0.6) is 17.2 Å². The molecule has 22 heavy (non-hydrogen) atoms. The van der Waals surface area contributed by atoms with Gasteiger partial charge in [-0.25, -0.2) is 0 Å². The molecular formula is C15H9NO6. The number of nitroso groups, excluding NO2 is 1. The summed E-state index contributed by atoms with van der Waals surface area (Å²) in [5.74, 6) is -1.33. The quantitative estimate of drug-likeness (QED) is 0.625. The summed E-state index contributed by atoms with van der Waals surface area (Å²) in [5.41, 5.74) is -0.586. The van der Waals surface area contributed by atoms with Gasteiger partial charge in [-0.2, -0.15) is 0 Å². The first-order chi connectivity index (χ1) is 10.5. The predicted molar refractivity (Wildman–Crippen MR) is 78.4 cm³/mol. The number of rotatable bonds is 2. The monoisotopic (exact) mass is 299 g/mol. The zero-order chi connectivity index (χ0) is 15.9. The number of hydrogen-bond acceptors (Lipinski definition) is 7. The molecule has 0 amide bonds. The van der Waals surface area contributed by atoms with Crippen molar-refractivity contribution in [1.82, 2.24) is 0 Å². The first-order valence-corrected chi connectivity index (χ1v) is 6.17. The van der Waals surface area contributed by atoms with Crippen LogP contribution in [0.15, 0.2) is 50.8 Å². The van der Waals surface area contributed by atoms with Crippen molar-refractivity contribution in [2.45, 2.75) is 0 Å². The zero-order valence-corrected chi connectivity index (χ0v) is 11.0. The highest BCUT2D eigenvalue weighted by Crippen LogP contribution is 2.36. The van der Waals surface area contributed by atoms with Crippen LogP contribution in [0.4, 0.5) is 5.69 Å². The number of nitrogens with zero attached hydrogens (tertiary/aromatic N) is 1. The maximum atomic E-state index is 12.1. The standard InChI is InChI=1S/C15H9NO6/c17-8-2-3-9-12(6-8)22-15(14(20)13(9)19)7-1-4-10(16-21)11(18)5-7/h1-6,17-18,20H. The van der Waals surface area contributed by atoms with E-state index in [0.29, 0.717) is 0 Å². The van der Waals surface area contributed by atoms with Gasteiger partial charge in [-0.1, -0.05) is 0 Å². The van der Waals surface area contributed by atoms with E-state index in [2.05, 4.69) is 5.18 Å². The second-order valence-electron chi connectivity index (χ2n) is 4.58. The van der Waals surface area contributed by atoms with Crippen LogP contribution >= 0.6 is 0 Å². The number of fused-ring (bicyclic) bond motifs is 1. The van der Waals surface area contributed by atoms with E-state index in [4.69, 9.17) is 4.42 Å². The molecule has 7 heteroatoms. The SMILES string of the molecule is O=Nc1ccc(-c2oc3cc(O)ccc3c(=O)c2O)cc1O. The average molecular weight is 299 g/mol.